The molecule has 7 nitrogen and oxygen atoms in total. The number of hydrogen-bond acceptors (Lipinski definition) is 4. The van der Waals surface area contributed by atoms with Gasteiger partial charge in [-0.3, -0.25) is 13.9 Å². The summed E-state index contributed by atoms with van der Waals surface area (Å²) in [5.41, 5.74) is 2.34. The minimum Gasteiger partial charge on any atom is -0.326 e. The highest BCUT2D eigenvalue weighted by molar-refractivity contribution is 7.93. The zero-order valence-electron chi connectivity index (χ0n) is 15.7. The van der Waals surface area contributed by atoms with Crippen molar-refractivity contribution in [3.63, 3.8) is 0 Å². The summed E-state index contributed by atoms with van der Waals surface area (Å²) in [7, 11) is -3.21. The lowest BCUT2D eigenvalue weighted by molar-refractivity contribution is -0.114. The third kappa shape index (κ3) is 5.36. The quantitative estimate of drug-likeness (QED) is 0.705. The molecule has 0 spiro atoms. The second kappa shape index (κ2) is 8.67. The van der Waals surface area contributed by atoms with Gasteiger partial charge in [0.25, 0.3) is 0 Å². The summed E-state index contributed by atoms with van der Waals surface area (Å²) in [6, 6.07) is 11.7. The zero-order valence-corrected chi connectivity index (χ0v) is 17.3. The number of carbonyl (C=O) groups is 2. The second-order valence-electron chi connectivity index (χ2n) is 6.53. The lowest BCUT2D eigenvalue weighted by atomic mass is 10.2. The van der Waals surface area contributed by atoms with Crippen LogP contribution in [0, 0.1) is 0 Å². The summed E-state index contributed by atoms with van der Waals surface area (Å²) in [4.78, 5) is 23.2. The monoisotopic (exact) mass is 433 g/mol. The van der Waals surface area contributed by atoms with E-state index in [4.69, 9.17) is 11.6 Å². The molecule has 2 amide bonds. The third-order valence-corrected chi connectivity index (χ3v) is 6.44. The van der Waals surface area contributed by atoms with Gasteiger partial charge in [-0.2, -0.15) is 0 Å². The first-order valence-electron chi connectivity index (χ1n) is 8.91. The van der Waals surface area contributed by atoms with Crippen molar-refractivity contribution in [2.24, 2.45) is 0 Å². The molecule has 1 saturated heterocycles. The molecule has 0 unspecified atom stereocenters. The molecule has 0 bridgehead atoms. The first-order valence-corrected chi connectivity index (χ1v) is 10.9. The van der Waals surface area contributed by atoms with Gasteiger partial charge in [0.2, 0.25) is 21.8 Å². The van der Waals surface area contributed by atoms with E-state index in [1.807, 2.05) is 0 Å². The Kier molecular flexibility index (Phi) is 6.24. The number of amides is 2. The molecule has 1 aliphatic rings. The Bertz CT molecular complexity index is 1070. The molecule has 152 valence electrons. The number of rotatable bonds is 5. The molecule has 3 rings (SSSR count). The van der Waals surface area contributed by atoms with Crippen LogP contribution in [0.1, 0.15) is 18.9 Å². The topological polar surface area (TPSA) is 95.6 Å². The number of nitrogens with zero attached hydrogens (tertiary/aromatic N) is 1. The number of hydrogen-bond donors (Lipinski definition) is 2. The molecule has 1 aliphatic heterocycles. The van der Waals surface area contributed by atoms with Gasteiger partial charge in [-0.15, -0.1) is 0 Å². The Morgan fingerprint density at radius 3 is 2.41 bits per heavy atom. The minimum absolute atomic E-state index is 0.170. The van der Waals surface area contributed by atoms with E-state index in [1.54, 1.807) is 48.5 Å². The van der Waals surface area contributed by atoms with E-state index < -0.39 is 10.0 Å². The van der Waals surface area contributed by atoms with Crippen molar-refractivity contribution in [2.75, 3.05) is 27.2 Å². The van der Waals surface area contributed by atoms with Crippen LogP contribution in [0.4, 0.5) is 17.1 Å². The fourth-order valence-electron chi connectivity index (χ4n) is 2.93. The van der Waals surface area contributed by atoms with Crippen LogP contribution in [-0.4, -0.2) is 32.5 Å². The van der Waals surface area contributed by atoms with E-state index in [-0.39, 0.29) is 17.6 Å². The Hall–Kier alpha value is -2.84. The molecular weight excluding hydrogens is 414 g/mol. The average Bonchev–Trinajstić information content (AvgIpc) is 3.01. The molecule has 0 atom stereocenters. The number of sulfonamides is 1. The van der Waals surface area contributed by atoms with Crippen LogP contribution in [0.5, 0.6) is 0 Å². The molecule has 1 heterocycles. The van der Waals surface area contributed by atoms with E-state index in [0.717, 1.165) is 5.56 Å². The van der Waals surface area contributed by atoms with Gasteiger partial charge in [0.1, 0.15) is 0 Å². The molecule has 0 aromatic heterocycles. The maximum atomic E-state index is 12.1. The highest BCUT2D eigenvalue weighted by Crippen LogP contribution is 2.26. The van der Waals surface area contributed by atoms with Gasteiger partial charge in [-0.1, -0.05) is 23.7 Å². The number of carbonyl (C=O) groups excluding carboxylic acids is 2. The van der Waals surface area contributed by atoms with E-state index in [0.29, 0.717) is 35.1 Å². The molecule has 2 N–H and O–H groups in total. The molecule has 2 aromatic carbocycles. The van der Waals surface area contributed by atoms with Gasteiger partial charge < -0.3 is 10.6 Å². The standard InChI is InChI=1S/C20H20ClN3O4S/c1-14(25)22-16-6-9-19(18(21)13-16)23-20(26)10-5-15-3-7-17(8-4-15)24-11-2-12-29(24,27)28/h3-10,13H,2,11-12H2,1H3,(H,22,25)(H,23,26)/b10-5+. The van der Waals surface area contributed by atoms with E-state index in [9.17, 15) is 18.0 Å². The van der Waals surface area contributed by atoms with Gasteiger partial charge in [0, 0.05) is 25.2 Å². The summed E-state index contributed by atoms with van der Waals surface area (Å²) in [5, 5.41) is 5.58. The fourth-order valence-corrected chi connectivity index (χ4v) is 4.72. The normalized spacial score (nSPS) is 15.4. The number of nitrogens with one attached hydrogen (secondary N) is 2. The van der Waals surface area contributed by atoms with Crippen LogP contribution in [0.15, 0.2) is 48.5 Å². The largest absolute Gasteiger partial charge is 0.326 e. The molecule has 0 saturated carbocycles. The minimum atomic E-state index is -3.21. The van der Waals surface area contributed by atoms with Crippen molar-refractivity contribution >= 4 is 56.6 Å². The van der Waals surface area contributed by atoms with Crippen molar-refractivity contribution in [3.8, 4) is 0 Å². The highest BCUT2D eigenvalue weighted by Gasteiger charge is 2.28. The lowest BCUT2D eigenvalue weighted by Gasteiger charge is -2.16. The fraction of sp³-hybridized carbons (Fsp3) is 0.200. The van der Waals surface area contributed by atoms with Crippen LogP contribution in [0.2, 0.25) is 5.02 Å². The predicted molar refractivity (Wildman–Crippen MR) is 116 cm³/mol. The van der Waals surface area contributed by atoms with Crippen LogP contribution in [-0.2, 0) is 19.6 Å². The summed E-state index contributed by atoms with van der Waals surface area (Å²) in [5.74, 6) is -0.414. The second-order valence-corrected chi connectivity index (χ2v) is 8.95. The number of anilines is 3. The zero-order chi connectivity index (χ0) is 21.0. The van der Waals surface area contributed by atoms with E-state index in [2.05, 4.69) is 10.6 Å². The van der Waals surface area contributed by atoms with Crippen molar-refractivity contribution in [1.29, 1.82) is 0 Å². The van der Waals surface area contributed by atoms with Crippen LogP contribution in [0.3, 0.4) is 0 Å². The van der Waals surface area contributed by atoms with Gasteiger partial charge >= 0.3 is 0 Å². The molecule has 9 heteroatoms. The van der Waals surface area contributed by atoms with Gasteiger partial charge in [-0.05, 0) is 48.4 Å². The molecule has 29 heavy (non-hydrogen) atoms. The van der Waals surface area contributed by atoms with E-state index >= 15 is 0 Å². The lowest BCUT2D eigenvalue weighted by Crippen LogP contribution is -2.24. The summed E-state index contributed by atoms with van der Waals surface area (Å²) < 4.78 is 25.3. The van der Waals surface area contributed by atoms with Gasteiger partial charge in [0.05, 0.1) is 22.2 Å². The number of benzene rings is 2. The van der Waals surface area contributed by atoms with Crippen LogP contribution < -0.4 is 14.9 Å². The van der Waals surface area contributed by atoms with Gasteiger partial charge in [-0.25, -0.2) is 8.42 Å². The van der Waals surface area contributed by atoms with Crippen molar-refractivity contribution in [3.05, 3.63) is 59.1 Å². The summed E-state index contributed by atoms with van der Waals surface area (Å²) in [6.07, 6.45) is 3.61. The van der Waals surface area contributed by atoms with Crippen molar-refractivity contribution in [1.82, 2.24) is 0 Å². The maximum Gasteiger partial charge on any atom is 0.248 e. The maximum absolute atomic E-state index is 12.1. The molecule has 0 aliphatic carbocycles. The first kappa shape index (κ1) is 20.9. The van der Waals surface area contributed by atoms with E-state index in [1.165, 1.54) is 17.3 Å². The van der Waals surface area contributed by atoms with Gasteiger partial charge in [0.15, 0.2) is 0 Å². The highest BCUT2D eigenvalue weighted by atomic mass is 35.5. The SMILES string of the molecule is CC(=O)Nc1ccc(NC(=O)/C=C/c2ccc(N3CCCS3(=O)=O)cc2)c(Cl)c1. The summed E-state index contributed by atoms with van der Waals surface area (Å²) >= 11 is 6.13. The molecule has 1 fully saturated rings. The molecule has 2 aromatic rings. The Labute approximate surface area is 174 Å². The van der Waals surface area contributed by atoms with Crippen molar-refractivity contribution in [2.45, 2.75) is 13.3 Å². The van der Waals surface area contributed by atoms with Crippen LogP contribution in [0.25, 0.3) is 6.08 Å². The third-order valence-electron chi connectivity index (χ3n) is 4.25. The Morgan fingerprint density at radius 1 is 1.10 bits per heavy atom. The van der Waals surface area contributed by atoms with Crippen molar-refractivity contribution < 1.29 is 18.0 Å². The first-order chi connectivity index (χ1) is 13.7. The number of halogens is 1. The predicted octanol–water partition coefficient (Wildman–Crippen LogP) is 3.49. The molecular formula is C20H20ClN3O4S. The Balaban J connectivity index is 1.63. The molecule has 0 radical (unpaired) electrons. The summed E-state index contributed by atoms with van der Waals surface area (Å²) in [6.45, 7) is 1.88. The average molecular weight is 434 g/mol. The smallest absolute Gasteiger partial charge is 0.248 e. The Morgan fingerprint density at radius 2 is 1.83 bits per heavy atom. The van der Waals surface area contributed by atoms with Crippen LogP contribution >= 0.6 is 11.6 Å².